The molecule has 3 aromatic rings. The molecule has 6 nitrogen and oxygen atoms in total. The van der Waals surface area contributed by atoms with Gasteiger partial charge in [-0.2, -0.15) is 4.80 Å². The zero-order valence-electron chi connectivity index (χ0n) is 12.7. The molecule has 0 spiro atoms. The Morgan fingerprint density at radius 2 is 2.08 bits per heavy atom. The fraction of sp³-hybridized carbons (Fsp3) is 0.125. The molecule has 0 radical (unpaired) electrons. The first-order valence-corrected chi connectivity index (χ1v) is 7.91. The highest BCUT2D eigenvalue weighted by molar-refractivity contribution is 9.10. The monoisotopic (exact) mass is 389 g/mol. The molecule has 1 amide bonds. The van der Waals surface area contributed by atoms with Gasteiger partial charge in [-0.3, -0.25) is 4.79 Å². The van der Waals surface area contributed by atoms with Crippen molar-refractivity contribution in [2.45, 2.75) is 13.5 Å². The maximum Gasteiger partial charge on any atom is 0.248 e. The normalized spacial score (nSPS) is 10.6. The van der Waals surface area contributed by atoms with Crippen molar-refractivity contribution in [2.75, 3.05) is 5.32 Å². The van der Waals surface area contributed by atoms with E-state index in [9.17, 15) is 9.18 Å². The van der Waals surface area contributed by atoms with Crippen molar-refractivity contribution in [3.63, 3.8) is 0 Å². The van der Waals surface area contributed by atoms with Gasteiger partial charge in [-0.05, 0) is 42.0 Å². The van der Waals surface area contributed by atoms with Crippen molar-refractivity contribution in [3.05, 3.63) is 58.3 Å². The highest BCUT2D eigenvalue weighted by Crippen LogP contribution is 2.24. The fourth-order valence-corrected chi connectivity index (χ4v) is 2.52. The third kappa shape index (κ3) is 3.65. The van der Waals surface area contributed by atoms with E-state index in [1.807, 2.05) is 24.3 Å². The number of hydrogen-bond acceptors (Lipinski definition) is 4. The van der Waals surface area contributed by atoms with E-state index in [4.69, 9.17) is 0 Å². The number of tetrazole rings is 1. The quantitative estimate of drug-likeness (QED) is 0.743. The molecule has 0 unspecified atom stereocenters. The van der Waals surface area contributed by atoms with Crippen LogP contribution in [-0.2, 0) is 11.3 Å². The van der Waals surface area contributed by atoms with Crippen LogP contribution in [0.3, 0.4) is 0 Å². The van der Waals surface area contributed by atoms with Crippen LogP contribution in [-0.4, -0.2) is 26.1 Å². The van der Waals surface area contributed by atoms with Crippen molar-refractivity contribution in [3.8, 4) is 11.4 Å². The van der Waals surface area contributed by atoms with E-state index in [0.717, 1.165) is 10.0 Å². The first-order chi connectivity index (χ1) is 11.5. The molecule has 2 aromatic carbocycles. The molecule has 8 heteroatoms. The molecule has 1 heterocycles. The predicted octanol–water partition coefficient (Wildman–Crippen LogP) is 3.19. The van der Waals surface area contributed by atoms with Gasteiger partial charge >= 0.3 is 0 Å². The number of anilines is 1. The largest absolute Gasteiger partial charge is 0.324 e. The molecule has 1 aromatic heterocycles. The van der Waals surface area contributed by atoms with Crippen LogP contribution in [0.1, 0.15) is 5.56 Å². The molecule has 0 aliphatic rings. The summed E-state index contributed by atoms with van der Waals surface area (Å²) < 4.78 is 14.3. The SMILES string of the molecule is Cc1ccc(NC(=O)Cn2nnc(-c3ccccc3Br)n2)cc1F. The van der Waals surface area contributed by atoms with Crippen molar-refractivity contribution in [1.82, 2.24) is 20.2 Å². The Kier molecular flexibility index (Phi) is 4.66. The average molecular weight is 390 g/mol. The van der Waals surface area contributed by atoms with Crippen LogP contribution in [0, 0.1) is 12.7 Å². The summed E-state index contributed by atoms with van der Waals surface area (Å²) in [6, 6.07) is 12.0. The maximum absolute atomic E-state index is 13.5. The zero-order chi connectivity index (χ0) is 17.1. The highest BCUT2D eigenvalue weighted by atomic mass is 79.9. The first-order valence-electron chi connectivity index (χ1n) is 7.11. The number of halogens is 2. The van der Waals surface area contributed by atoms with E-state index in [1.165, 1.54) is 10.9 Å². The molecule has 0 aliphatic carbocycles. The first kappa shape index (κ1) is 16.3. The van der Waals surface area contributed by atoms with E-state index < -0.39 is 0 Å². The van der Waals surface area contributed by atoms with Crippen LogP contribution >= 0.6 is 15.9 Å². The second-order valence-corrected chi connectivity index (χ2v) is 5.99. The standard InChI is InChI=1S/C16H13BrFN5O/c1-10-6-7-11(8-14(10)18)19-15(24)9-23-21-16(20-22-23)12-4-2-3-5-13(12)17/h2-8H,9H2,1H3,(H,19,24). The Labute approximate surface area is 145 Å². The second kappa shape index (κ2) is 6.88. The molecular formula is C16H13BrFN5O. The van der Waals surface area contributed by atoms with Gasteiger partial charge in [0.1, 0.15) is 12.4 Å². The van der Waals surface area contributed by atoms with Crippen molar-refractivity contribution in [2.24, 2.45) is 0 Å². The van der Waals surface area contributed by atoms with Gasteiger partial charge in [-0.1, -0.05) is 34.1 Å². The fourth-order valence-electron chi connectivity index (χ4n) is 2.06. The molecule has 3 rings (SSSR count). The summed E-state index contributed by atoms with van der Waals surface area (Å²) in [4.78, 5) is 13.2. The molecule has 0 fully saturated rings. The molecule has 0 bridgehead atoms. The number of hydrogen-bond donors (Lipinski definition) is 1. The van der Waals surface area contributed by atoms with Crippen molar-refractivity contribution >= 4 is 27.5 Å². The molecular weight excluding hydrogens is 377 g/mol. The molecule has 0 atom stereocenters. The van der Waals surface area contributed by atoms with Crippen LogP contribution in [0.25, 0.3) is 11.4 Å². The van der Waals surface area contributed by atoms with Crippen LogP contribution in [0.15, 0.2) is 46.9 Å². The number of carbonyl (C=O) groups excluding carboxylic acids is 1. The number of aromatic nitrogens is 4. The van der Waals surface area contributed by atoms with Gasteiger partial charge < -0.3 is 5.32 Å². The third-order valence-electron chi connectivity index (χ3n) is 3.31. The molecule has 24 heavy (non-hydrogen) atoms. The summed E-state index contributed by atoms with van der Waals surface area (Å²) in [6.45, 7) is 1.54. The topological polar surface area (TPSA) is 72.7 Å². The van der Waals surface area contributed by atoms with Crippen molar-refractivity contribution in [1.29, 1.82) is 0 Å². The van der Waals surface area contributed by atoms with Crippen LogP contribution in [0.4, 0.5) is 10.1 Å². The Hall–Kier alpha value is -2.61. The lowest BCUT2D eigenvalue weighted by Crippen LogP contribution is -2.20. The lowest BCUT2D eigenvalue weighted by Gasteiger charge is -2.05. The van der Waals surface area contributed by atoms with E-state index in [-0.39, 0.29) is 18.3 Å². The molecule has 0 aliphatic heterocycles. The van der Waals surface area contributed by atoms with Crippen LogP contribution in [0.2, 0.25) is 0 Å². The maximum atomic E-state index is 13.5. The Bertz CT molecular complexity index is 896. The number of aryl methyl sites for hydroxylation is 1. The van der Waals surface area contributed by atoms with Crippen molar-refractivity contribution < 1.29 is 9.18 Å². The summed E-state index contributed by atoms with van der Waals surface area (Å²) >= 11 is 3.42. The lowest BCUT2D eigenvalue weighted by molar-refractivity contribution is -0.117. The van der Waals surface area contributed by atoms with Gasteiger partial charge in [0.2, 0.25) is 11.7 Å². The summed E-state index contributed by atoms with van der Waals surface area (Å²) in [7, 11) is 0. The summed E-state index contributed by atoms with van der Waals surface area (Å²) in [5, 5.41) is 14.6. The van der Waals surface area contributed by atoms with E-state index >= 15 is 0 Å². The lowest BCUT2D eigenvalue weighted by atomic mass is 10.2. The number of benzene rings is 2. The molecule has 0 saturated heterocycles. The number of nitrogens with one attached hydrogen (secondary N) is 1. The van der Waals surface area contributed by atoms with Gasteiger partial charge in [0.15, 0.2) is 0 Å². The predicted molar refractivity (Wildman–Crippen MR) is 90.7 cm³/mol. The average Bonchev–Trinajstić information content (AvgIpc) is 2.99. The molecule has 122 valence electrons. The van der Waals surface area contributed by atoms with Gasteiger partial charge in [0.25, 0.3) is 0 Å². The Morgan fingerprint density at radius 3 is 2.83 bits per heavy atom. The second-order valence-electron chi connectivity index (χ2n) is 5.14. The molecule has 1 N–H and O–H groups in total. The summed E-state index contributed by atoms with van der Waals surface area (Å²) in [5.41, 5.74) is 1.68. The third-order valence-corrected chi connectivity index (χ3v) is 4.00. The summed E-state index contributed by atoms with van der Waals surface area (Å²) in [6.07, 6.45) is 0. The Balaban J connectivity index is 1.69. The van der Waals surface area contributed by atoms with Gasteiger partial charge in [0, 0.05) is 15.7 Å². The highest BCUT2D eigenvalue weighted by Gasteiger charge is 2.12. The molecule has 0 saturated carbocycles. The van der Waals surface area contributed by atoms with Gasteiger partial charge in [-0.25, -0.2) is 4.39 Å². The number of nitrogens with zero attached hydrogens (tertiary/aromatic N) is 4. The summed E-state index contributed by atoms with van der Waals surface area (Å²) in [5.74, 6) is -0.325. The number of amides is 1. The van der Waals surface area contributed by atoms with Crippen LogP contribution in [0.5, 0.6) is 0 Å². The number of carbonyl (C=O) groups is 1. The number of rotatable bonds is 4. The minimum absolute atomic E-state index is 0.118. The Morgan fingerprint density at radius 1 is 1.29 bits per heavy atom. The van der Waals surface area contributed by atoms with E-state index in [2.05, 4.69) is 36.7 Å². The zero-order valence-corrected chi connectivity index (χ0v) is 14.3. The van der Waals surface area contributed by atoms with Gasteiger partial charge in [-0.15, -0.1) is 10.2 Å². The van der Waals surface area contributed by atoms with Crippen LogP contribution < -0.4 is 5.32 Å². The minimum Gasteiger partial charge on any atom is -0.324 e. The smallest absolute Gasteiger partial charge is 0.248 e. The van der Waals surface area contributed by atoms with Gasteiger partial charge in [0.05, 0.1) is 0 Å². The van der Waals surface area contributed by atoms with E-state index in [0.29, 0.717) is 17.1 Å². The minimum atomic E-state index is -0.372. The van der Waals surface area contributed by atoms with E-state index in [1.54, 1.807) is 19.1 Å².